The molecule has 8 atom stereocenters. The van der Waals surface area contributed by atoms with Gasteiger partial charge in [-0.3, -0.25) is 23.2 Å². The molecule has 0 spiro atoms. The molecule has 19 nitrogen and oxygen atoms in total. The molecule has 0 saturated carbocycles. The molecule has 1 aromatic heterocycles. The van der Waals surface area contributed by atoms with Crippen molar-refractivity contribution in [3.05, 3.63) is 71.4 Å². The topological polar surface area (TPSA) is 286 Å². The average Bonchev–Trinajstić information content (AvgIpc) is 3.62. The molecular formula is C54H93N3O16P2. The maximum atomic E-state index is 12.9. The molecule has 21 heteroatoms. The number of carbonyl (C=O) groups excluding carboxylic acids is 2. The molecule has 1 aromatic rings. The van der Waals surface area contributed by atoms with Crippen molar-refractivity contribution >= 4 is 33.4 Å². The van der Waals surface area contributed by atoms with Gasteiger partial charge in [0.15, 0.2) is 12.3 Å². The normalized spacial score (nSPS) is 19.6. The number of nitrogens with two attached hydrogens (primary N) is 1. The van der Waals surface area contributed by atoms with E-state index in [0.717, 1.165) is 80.9 Å². The molecule has 1 aliphatic heterocycles. The molecule has 2 rings (SSSR count). The summed E-state index contributed by atoms with van der Waals surface area (Å²) >= 11 is 0. The highest BCUT2D eigenvalue weighted by Crippen LogP contribution is 2.60. The van der Waals surface area contributed by atoms with Crippen molar-refractivity contribution in [2.24, 2.45) is 5.92 Å². The summed E-state index contributed by atoms with van der Waals surface area (Å²) in [4.78, 5) is 62.0. The Bertz CT molecular complexity index is 1980. The lowest BCUT2D eigenvalue weighted by atomic mass is 10.0. The number of phosphoric ester groups is 2. The first kappa shape index (κ1) is 67.8. The fraction of sp³-hybridized carbons (Fsp3) is 0.741. The number of aliphatic hydroxyl groups excluding tert-OH is 3. The molecular weight excluding hydrogens is 1010 g/mol. The van der Waals surface area contributed by atoms with Crippen molar-refractivity contribution in [3.8, 4) is 0 Å². The van der Waals surface area contributed by atoms with E-state index in [2.05, 4.69) is 59.6 Å². The zero-order valence-corrected chi connectivity index (χ0v) is 46.9. The number of aromatic nitrogens is 2. The van der Waals surface area contributed by atoms with Crippen LogP contribution in [0, 0.1) is 5.92 Å². The Morgan fingerprint density at radius 3 is 1.71 bits per heavy atom. The number of allylic oxidation sites excluding steroid dienone is 8. The van der Waals surface area contributed by atoms with Crippen molar-refractivity contribution < 1.29 is 71.4 Å². The highest BCUT2D eigenvalue weighted by Gasteiger charge is 2.46. The summed E-state index contributed by atoms with van der Waals surface area (Å²) in [6.45, 7) is 4.01. The highest BCUT2D eigenvalue weighted by molar-refractivity contribution is 7.61. The van der Waals surface area contributed by atoms with E-state index in [1.807, 2.05) is 12.2 Å². The van der Waals surface area contributed by atoms with Gasteiger partial charge in [-0.15, -0.1) is 0 Å². The molecule has 2 heterocycles. The van der Waals surface area contributed by atoms with Gasteiger partial charge in [0.2, 0.25) is 0 Å². The van der Waals surface area contributed by atoms with Gasteiger partial charge in [-0.2, -0.15) is 9.29 Å². The number of nitrogen functional groups attached to an aromatic ring is 1. The van der Waals surface area contributed by atoms with Crippen molar-refractivity contribution in [1.82, 2.24) is 9.55 Å². The maximum Gasteiger partial charge on any atom is 0.481 e. The molecule has 0 radical (unpaired) electrons. The number of nitrogens with zero attached hydrogens (tertiary/aromatic N) is 2. The first-order valence-electron chi connectivity index (χ1n) is 27.5. The first-order valence-corrected chi connectivity index (χ1v) is 30.5. The third-order valence-corrected chi connectivity index (χ3v) is 15.0. The largest absolute Gasteiger partial charge is 0.481 e. The Balaban J connectivity index is 1.79. The van der Waals surface area contributed by atoms with Crippen molar-refractivity contribution in [2.45, 2.75) is 231 Å². The minimum absolute atomic E-state index is 0.0338. The molecule has 75 heavy (non-hydrogen) atoms. The summed E-state index contributed by atoms with van der Waals surface area (Å²) in [5, 5.41) is 30.2. The number of phosphoric acid groups is 2. The molecule has 430 valence electrons. The van der Waals surface area contributed by atoms with Crippen LogP contribution < -0.4 is 11.4 Å². The second kappa shape index (κ2) is 40.8. The van der Waals surface area contributed by atoms with Gasteiger partial charge in [0, 0.05) is 19.0 Å². The summed E-state index contributed by atoms with van der Waals surface area (Å²) in [6, 6.07) is 1.24. The van der Waals surface area contributed by atoms with Crippen molar-refractivity contribution in [3.63, 3.8) is 0 Å². The van der Waals surface area contributed by atoms with E-state index in [9.17, 15) is 48.6 Å². The average molecular weight is 1100 g/mol. The summed E-state index contributed by atoms with van der Waals surface area (Å²) in [5.41, 5.74) is 4.59. The van der Waals surface area contributed by atoms with Gasteiger partial charge >= 0.3 is 33.3 Å². The zero-order valence-electron chi connectivity index (χ0n) is 45.1. The predicted molar refractivity (Wildman–Crippen MR) is 290 cm³/mol. The van der Waals surface area contributed by atoms with Crippen LogP contribution in [0.4, 0.5) is 5.82 Å². The number of rotatable bonds is 45. The Morgan fingerprint density at radius 2 is 1.17 bits per heavy atom. The van der Waals surface area contributed by atoms with E-state index in [-0.39, 0.29) is 24.8 Å². The van der Waals surface area contributed by atoms with Gasteiger partial charge in [0.05, 0.1) is 19.3 Å². The third-order valence-electron chi connectivity index (χ3n) is 12.4. The molecule has 2 unspecified atom stereocenters. The van der Waals surface area contributed by atoms with Crippen LogP contribution in [-0.2, 0) is 46.3 Å². The van der Waals surface area contributed by atoms with Gasteiger partial charge in [-0.05, 0) is 76.7 Å². The van der Waals surface area contributed by atoms with Crippen LogP contribution >= 0.6 is 15.6 Å². The minimum atomic E-state index is -5.44. The third kappa shape index (κ3) is 34.9. The second-order valence-corrected chi connectivity index (χ2v) is 22.9. The van der Waals surface area contributed by atoms with E-state index in [4.69, 9.17) is 29.0 Å². The molecule has 1 fully saturated rings. The fourth-order valence-corrected chi connectivity index (χ4v) is 10.2. The van der Waals surface area contributed by atoms with E-state index in [1.165, 1.54) is 83.1 Å². The molecule has 0 amide bonds. The Hall–Kier alpha value is -3.32. The van der Waals surface area contributed by atoms with Gasteiger partial charge in [0.25, 0.3) is 0 Å². The Morgan fingerprint density at radius 1 is 0.680 bits per heavy atom. The lowest BCUT2D eigenvalue weighted by Gasteiger charge is -2.21. The van der Waals surface area contributed by atoms with Crippen LogP contribution in [0.1, 0.15) is 200 Å². The molecule has 1 aliphatic rings. The Kier molecular flexibility index (Phi) is 36.9. The van der Waals surface area contributed by atoms with Crippen LogP contribution in [-0.4, -0.2) is 96.9 Å². The smallest absolute Gasteiger partial charge is 0.462 e. The molecule has 7 N–H and O–H groups in total. The van der Waals surface area contributed by atoms with E-state index in [1.54, 1.807) is 6.92 Å². The summed E-state index contributed by atoms with van der Waals surface area (Å²) in [6.07, 6.45) is 36.1. The minimum Gasteiger partial charge on any atom is -0.462 e. The number of hydrogen-bond acceptors (Lipinski definition) is 16. The fourth-order valence-electron chi connectivity index (χ4n) is 8.10. The number of carbonyl (C=O) groups is 2. The van der Waals surface area contributed by atoms with Crippen LogP contribution in [0.5, 0.6) is 0 Å². The quantitative estimate of drug-likeness (QED) is 0.0153. The van der Waals surface area contributed by atoms with Gasteiger partial charge < -0.3 is 45.1 Å². The summed E-state index contributed by atoms with van der Waals surface area (Å²) in [7, 11) is -10.9. The van der Waals surface area contributed by atoms with Gasteiger partial charge in [-0.1, -0.05) is 165 Å². The van der Waals surface area contributed by atoms with E-state index < -0.39 is 83.7 Å². The number of anilines is 1. The van der Waals surface area contributed by atoms with Gasteiger partial charge in [-0.25, -0.2) is 13.9 Å². The standard InChI is InChI=1S/C54H93N3O16P2/c1-44(2)35-31-27-23-19-15-11-7-4-5-9-14-18-22-26-30-34-38-50(60)71-46(41-68-49(59)37-33-29-25-21-17-13-10-6-8-12-16-20-24-28-32-36-45(3)58)42-69-74(64,65)73-75(66,67)70-43-47-51(61)52(62)53(72-47)57-40-39-48(55)56-54(57)63/h8,10,12-13,20-21,24-25,39-40,44-47,51-53,58,61-62H,4-7,9,11,14-19,22-23,26-38,41-43H2,1-3H3,(H,64,65)(H,66,67)(H2,55,56,63)/b12-8-,13-10-,24-20-,25-21-/t45-,46-,47-,51-,52-,53-/m1/s1. The summed E-state index contributed by atoms with van der Waals surface area (Å²) in [5.74, 6) is -0.574. The van der Waals surface area contributed by atoms with Crippen LogP contribution in [0.2, 0.25) is 0 Å². The van der Waals surface area contributed by atoms with Crippen LogP contribution in [0.15, 0.2) is 65.7 Å². The van der Waals surface area contributed by atoms with Gasteiger partial charge in [0.1, 0.15) is 30.7 Å². The lowest BCUT2D eigenvalue weighted by Crippen LogP contribution is -2.36. The lowest BCUT2D eigenvalue weighted by molar-refractivity contribution is -0.161. The second-order valence-electron chi connectivity index (χ2n) is 19.8. The van der Waals surface area contributed by atoms with Crippen LogP contribution in [0.25, 0.3) is 0 Å². The first-order chi connectivity index (χ1) is 35.9. The predicted octanol–water partition coefficient (Wildman–Crippen LogP) is 10.9. The van der Waals surface area contributed by atoms with Crippen molar-refractivity contribution in [1.29, 1.82) is 0 Å². The Labute approximate surface area is 446 Å². The van der Waals surface area contributed by atoms with Crippen LogP contribution in [0.3, 0.4) is 0 Å². The van der Waals surface area contributed by atoms with E-state index >= 15 is 0 Å². The zero-order chi connectivity index (χ0) is 55.2. The summed E-state index contributed by atoms with van der Waals surface area (Å²) < 4.78 is 56.8. The van der Waals surface area contributed by atoms with E-state index in [0.29, 0.717) is 19.3 Å². The number of unbranched alkanes of at least 4 members (excludes halogenated alkanes) is 17. The molecule has 0 aliphatic carbocycles. The maximum absolute atomic E-state index is 12.9. The number of hydrogen-bond donors (Lipinski definition) is 6. The molecule has 0 aromatic carbocycles. The molecule has 1 saturated heterocycles. The number of esters is 2. The SMILES string of the molecule is CC(C)CCCCCCCCCCCCCCCCCCC(=O)O[C@H](COC(=O)CCC/C=C\C/C=C\C/C=C\C/C=C\CCC[C@@H](C)O)COP(=O)(O)OP(=O)(O)OC[C@H]1O[C@@H](n2ccc(N)nc2=O)[C@H](O)[C@@H]1O. The molecule has 0 bridgehead atoms. The highest BCUT2D eigenvalue weighted by atomic mass is 31.3. The van der Waals surface area contributed by atoms with Crippen molar-refractivity contribution in [2.75, 3.05) is 25.6 Å². The monoisotopic (exact) mass is 1100 g/mol. The number of aliphatic hydroxyl groups is 3. The number of ether oxygens (including phenoxy) is 3.